The molecule has 1 aliphatic carbocycles. The lowest BCUT2D eigenvalue weighted by atomic mass is 9.90. The Bertz CT molecular complexity index is 448. The van der Waals surface area contributed by atoms with Crippen LogP contribution in [0.5, 0.6) is 0 Å². The van der Waals surface area contributed by atoms with Gasteiger partial charge in [0.25, 0.3) is 0 Å². The van der Waals surface area contributed by atoms with Crippen LogP contribution in [-0.4, -0.2) is 41.9 Å². The van der Waals surface area contributed by atoms with Gasteiger partial charge in [0.05, 0.1) is 6.54 Å². The van der Waals surface area contributed by atoms with Crippen molar-refractivity contribution in [2.75, 3.05) is 19.6 Å². The van der Waals surface area contributed by atoms with Crippen molar-refractivity contribution in [3.05, 3.63) is 35.9 Å². The zero-order valence-electron chi connectivity index (χ0n) is 11.8. The minimum absolute atomic E-state index is 0.00979. The highest BCUT2D eigenvalue weighted by molar-refractivity contribution is 5.22. The van der Waals surface area contributed by atoms with Gasteiger partial charge in [-0.05, 0) is 24.8 Å². The van der Waals surface area contributed by atoms with Crippen LogP contribution in [0.1, 0.15) is 24.8 Å². The van der Waals surface area contributed by atoms with Gasteiger partial charge in [0, 0.05) is 19.1 Å². The van der Waals surface area contributed by atoms with Gasteiger partial charge in [-0.15, -0.1) is 0 Å². The highest BCUT2D eigenvalue weighted by Gasteiger charge is 2.39. The minimum atomic E-state index is -4.21. The van der Waals surface area contributed by atoms with E-state index in [1.165, 1.54) is 4.90 Å². The molecule has 1 aromatic carbocycles. The molecule has 0 aliphatic heterocycles. The maximum absolute atomic E-state index is 12.6. The van der Waals surface area contributed by atoms with E-state index in [0.717, 1.165) is 12.8 Å². The molecule has 21 heavy (non-hydrogen) atoms. The number of aliphatic hydroxyl groups is 1. The Labute approximate surface area is 122 Å². The van der Waals surface area contributed by atoms with Crippen LogP contribution in [0.15, 0.2) is 30.3 Å². The first-order valence-corrected chi connectivity index (χ1v) is 7.13. The average molecular weight is 302 g/mol. The van der Waals surface area contributed by atoms with Crippen LogP contribution in [-0.2, 0) is 5.60 Å². The Morgan fingerprint density at radius 1 is 1.19 bits per heavy atom. The molecule has 1 fully saturated rings. The number of hydrogen-bond donors (Lipinski definition) is 2. The van der Waals surface area contributed by atoms with E-state index in [0.29, 0.717) is 5.56 Å². The maximum atomic E-state index is 12.6. The van der Waals surface area contributed by atoms with Gasteiger partial charge in [-0.1, -0.05) is 30.3 Å². The van der Waals surface area contributed by atoms with Crippen molar-refractivity contribution in [3.8, 4) is 0 Å². The summed E-state index contributed by atoms with van der Waals surface area (Å²) in [6.45, 7) is -0.749. The molecule has 0 amide bonds. The molecule has 0 radical (unpaired) electrons. The lowest BCUT2D eigenvalue weighted by molar-refractivity contribution is -0.148. The molecule has 0 spiro atoms. The molecule has 118 valence electrons. The smallest absolute Gasteiger partial charge is 0.384 e. The van der Waals surface area contributed by atoms with E-state index in [1.54, 1.807) is 24.3 Å². The van der Waals surface area contributed by atoms with Gasteiger partial charge in [-0.25, -0.2) is 0 Å². The SMILES string of the molecule is NCC(O)(CCN(CC(F)(F)F)C1CC1)c1ccccc1. The molecule has 1 aliphatic rings. The van der Waals surface area contributed by atoms with Crippen LogP contribution in [0.4, 0.5) is 13.2 Å². The summed E-state index contributed by atoms with van der Waals surface area (Å²) >= 11 is 0. The average Bonchev–Trinajstić information content (AvgIpc) is 3.27. The van der Waals surface area contributed by atoms with Crippen LogP contribution in [0.25, 0.3) is 0 Å². The van der Waals surface area contributed by atoms with E-state index in [1.807, 2.05) is 6.07 Å². The predicted molar refractivity (Wildman–Crippen MR) is 74.7 cm³/mol. The first-order valence-electron chi connectivity index (χ1n) is 7.13. The van der Waals surface area contributed by atoms with Crippen LogP contribution in [0.3, 0.4) is 0 Å². The van der Waals surface area contributed by atoms with Crippen molar-refractivity contribution in [1.29, 1.82) is 0 Å². The third-order valence-corrected chi connectivity index (χ3v) is 3.91. The zero-order chi connectivity index (χ0) is 15.5. The first-order chi connectivity index (χ1) is 9.84. The largest absolute Gasteiger partial charge is 0.401 e. The van der Waals surface area contributed by atoms with Gasteiger partial charge in [0.15, 0.2) is 0 Å². The highest BCUT2D eigenvalue weighted by atomic mass is 19.4. The van der Waals surface area contributed by atoms with Gasteiger partial charge in [0.2, 0.25) is 0 Å². The standard InChI is InChI=1S/C15H21F3N2O/c16-15(17,18)11-20(13-6-7-13)9-8-14(21,10-19)12-4-2-1-3-5-12/h1-5,13,21H,6-11,19H2. The van der Waals surface area contributed by atoms with Gasteiger partial charge in [-0.2, -0.15) is 13.2 Å². The maximum Gasteiger partial charge on any atom is 0.401 e. The van der Waals surface area contributed by atoms with Crippen molar-refractivity contribution in [2.45, 2.75) is 37.1 Å². The second kappa shape index (κ2) is 6.34. The molecule has 0 heterocycles. The molecule has 6 heteroatoms. The molecule has 1 aromatic rings. The summed E-state index contributed by atoms with van der Waals surface area (Å²) in [6.07, 6.45) is -2.43. The van der Waals surface area contributed by atoms with Crippen molar-refractivity contribution < 1.29 is 18.3 Å². The molecule has 0 saturated heterocycles. The first kappa shape index (κ1) is 16.3. The molecular weight excluding hydrogens is 281 g/mol. The molecular formula is C15H21F3N2O. The van der Waals surface area contributed by atoms with Crippen molar-refractivity contribution in [1.82, 2.24) is 4.90 Å². The second-order valence-corrected chi connectivity index (χ2v) is 5.67. The highest BCUT2D eigenvalue weighted by Crippen LogP contribution is 2.32. The predicted octanol–water partition coefficient (Wildman–Crippen LogP) is 2.25. The molecule has 0 bridgehead atoms. The number of rotatable bonds is 7. The molecule has 1 saturated carbocycles. The summed E-state index contributed by atoms with van der Waals surface area (Å²) in [7, 11) is 0. The Balaban J connectivity index is 2.01. The normalized spacial score (nSPS) is 18.8. The van der Waals surface area contributed by atoms with Gasteiger partial charge < -0.3 is 10.8 Å². The fourth-order valence-electron chi connectivity index (χ4n) is 2.50. The molecule has 2 rings (SSSR count). The number of nitrogens with two attached hydrogens (primary N) is 1. The fraction of sp³-hybridized carbons (Fsp3) is 0.600. The molecule has 1 unspecified atom stereocenters. The van der Waals surface area contributed by atoms with E-state index in [2.05, 4.69) is 0 Å². The topological polar surface area (TPSA) is 49.5 Å². The van der Waals surface area contributed by atoms with Crippen LogP contribution in [0.2, 0.25) is 0 Å². The van der Waals surface area contributed by atoms with Crippen LogP contribution < -0.4 is 5.73 Å². The van der Waals surface area contributed by atoms with E-state index in [4.69, 9.17) is 5.73 Å². The molecule has 3 nitrogen and oxygen atoms in total. The number of nitrogens with zero attached hydrogens (tertiary/aromatic N) is 1. The Kier molecular flexibility index (Phi) is 4.91. The number of benzene rings is 1. The molecule has 0 aromatic heterocycles. The van der Waals surface area contributed by atoms with Crippen LogP contribution in [0, 0.1) is 0 Å². The lowest BCUT2D eigenvalue weighted by Gasteiger charge is -2.31. The van der Waals surface area contributed by atoms with Crippen LogP contribution >= 0.6 is 0 Å². The molecule has 1 atom stereocenters. The minimum Gasteiger partial charge on any atom is -0.384 e. The second-order valence-electron chi connectivity index (χ2n) is 5.67. The fourth-order valence-corrected chi connectivity index (χ4v) is 2.50. The van der Waals surface area contributed by atoms with E-state index < -0.39 is 18.3 Å². The molecule has 3 N–H and O–H groups in total. The number of hydrogen-bond acceptors (Lipinski definition) is 3. The summed E-state index contributed by atoms with van der Waals surface area (Å²) in [5.74, 6) is 0. The van der Waals surface area contributed by atoms with Crippen molar-refractivity contribution in [2.24, 2.45) is 5.73 Å². The third-order valence-electron chi connectivity index (χ3n) is 3.91. The number of alkyl halides is 3. The van der Waals surface area contributed by atoms with Crippen molar-refractivity contribution in [3.63, 3.8) is 0 Å². The summed E-state index contributed by atoms with van der Waals surface area (Å²) < 4.78 is 37.8. The summed E-state index contributed by atoms with van der Waals surface area (Å²) in [4.78, 5) is 1.41. The third kappa shape index (κ3) is 4.69. The van der Waals surface area contributed by atoms with E-state index >= 15 is 0 Å². The van der Waals surface area contributed by atoms with E-state index in [-0.39, 0.29) is 25.6 Å². The number of halogens is 3. The Hall–Kier alpha value is -1.11. The van der Waals surface area contributed by atoms with E-state index in [9.17, 15) is 18.3 Å². The Morgan fingerprint density at radius 3 is 2.29 bits per heavy atom. The lowest BCUT2D eigenvalue weighted by Crippen LogP contribution is -2.42. The van der Waals surface area contributed by atoms with Gasteiger partial charge in [0.1, 0.15) is 5.60 Å². The summed E-state index contributed by atoms with van der Waals surface area (Å²) in [5, 5.41) is 10.6. The summed E-state index contributed by atoms with van der Waals surface area (Å²) in [5.41, 5.74) is 5.02. The zero-order valence-corrected chi connectivity index (χ0v) is 11.8. The summed E-state index contributed by atoms with van der Waals surface area (Å²) in [6, 6.07) is 8.87. The Morgan fingerprint density at radius 2 is 1.81 bits per heavy atom. The van der Waals surface area contributed by atoms with Crippen molar-refractivity contribution >= 4 is 0 Å². The monoisotopic (exact) mass is 302 g/mol. The van der Waals surface area contributed by atoms with Gasteiger partial charge in [-0.3, -0.25) is 4.90 Å². The quantitative estimate of drug-likeness (QED) is 0.812. The van der Waals surface area contributed by atoms with Gasteiger partial charge >= 0.3 is 6.18 Å².